The van der Waals surface area contributed by atoms with E-state index in [4.69, 9.17) is 4.52 Å². The minimum absolute atomic E-state index is 0.0523. The third kappa shape index (κ3) is 3.63. The van der Waals surface area contributed by atoms with E-state index in [9.17, 15) is 13.6 Å². The summed E-state index contributed by atoms with van der Waals surface area (Å²) >= 11 is 0. The van der Waals surface area contributed by atoms with E-state index in [0.717, 1.165) is 0 Å². The molecular formula is C14H16F2N4O2. The van der Waals surface area contributed by atoms with Crippen molar-refractivity contribution >= 4 is 5.91 Å². The Bertz CT molecular complexity index is 641. The quantitative estimate of drug-likeness (QED) is 0.918. The van der Waals surface area contributed by atoms with Crippen LogP contribution in [0.15, 0.2) is 22.9 Å². The predicted octanol–water partition coefficient (Wildman–Crippen LogP) is 2.90. The summed E-state index contributed by atoms with van der Waals surface area (Å²) in [5.41, 5.74) is 0.149. The highest BCUT2D eigenvalue weighted by Crippen LogP contribution is 2.24. The first-order valence-corrected chi connectivity index (χ1v) is 6.73. The first-order valence-electron chi connectivity index (χ1n) is 6.73. The van der Waals surface area contributed by atoms with Crippen LogP contribution in [0.2, 0.25) is 0 Å². The molecule has 0 bridgehead atoms. The molecule has 1 atom stereocenters. The lowest BCUT2D eigenvalue weighted by Gasteiger charge is -2.16. The Kier molecular flexibility index (Phi) is 4.79. The van der Waals surface area contributed by atoms with Crippen molar-refractivity contribution in [3.05, 3.63) is 29.9 Å². The van der Waals surface area contributed by atoms with Crippen LogP contribution in [0, 0.1) is 5.92 Å². The van der Waals surface area contributed by atoms with Crippen molar-refractivity contribution in [1.82, 2.24) is 20.4 Å². The minimum atomic E-state index is -2.63. The van der Waals surface area contributed by atoms with Crippen LogP contribution in [-0.2, 0) is 4.79 Å². The van der Waals surface area contributed by atoms with Crippen molar-refractivity contribution in [2.75, 3.05) is 0 Å². The van der Waals surface area contributed by atoms with Gasteiger partial charge in [0.05, 0.1) is 0 Å². The number of aromatic nitrogens is 3. The number of nitrogens with zero attached hydrogens (tertiary/aromatic N) is 3. The fourth-order valence-electron chi connectivity index (χ4n) is 1.88. The normalized spacial score (nSPS) is 12.7. The molecule has 2 rings (SSSR count). The van der Waals surface area contributed by atoms with Crippen LogP contribution in [0.25, 0.3) is 11.4 Å². The van der Waals surface area contributed by atoms with Gasteiger partial charge in [-0.2, -0.15) is 4.98 Å². The largest absolute Gasteiger partial charge is 0.344 e. The molecule has 22 heavy (non-hydrogen) atoms. The Balaban J connectivity index is 2.24. The van der Waals surface area contributed by atoms with Crippen LogP contribution >= 0.6 is 0 Å². The van der Waals surface area contributed by atoms with Crippen LogP contribution in [-0.4, -0.2) is 21.0 Å². The monoisotopic (exact) mass is 310 g/mol. The van der Waals surface area contributed by atoms with Crippen LogP contribution in [0.4, 0.5) is 8.78 Å². The maximum absolute atomic E-state index is 12.5. The SMILES string of the molecule is CC(=O)N[C@@H](c1nc(-c2ccc(C(F)F)nc2)no1)C(C)C. The Morgan fingerprint density at radius 3 is 2.55 bits per heavy atom. The molecule has 6 nitrogen and oxygen atoms in total. The zero-order valence-corrected chi connectivity index (χ0v) is 12.4. The molecule has 0 saturated carbocycles. The van der Waals surface area contributed by atoms with E-state index in [1.165, 1.54) is 25.3 Å². The number of pyridine rings is 1. The van der Waals surface area contributed by atoms with E-state index in [1.54, 1.807) is 0 Å². The molecule has 0 spiro atoms. The van der Waals surface area contributed by atoms with E-state index >= 15 is 0 Å². The number of hydrogen-bond acceptors (Lipinski definition) is 5. The van der Waals surface area contributed by atoms with Gasteiger partial charge in [-0.3, -0.25) is 9.78 Å². The molecule has 2 aromatic heterocycles. The van der Waals surface area contributed by atoms with Crippen molar-refractivity contribution < 1.29 is 18.1 Å². The zero-order chi connectivity index (χ0) is 16.3. The van der Waals surface area contributed by atoms with Gasteiger partial charge < -0.3 is 9.84 Å². The number of halogens is 2. The molecule has 0 radical (unpaired) electrons. The van der Waals surface area contributed by atoms with Crippen LogP contribution in [0.5, 0.6) is 0 Å². The van der Waals surface area contributed by atoms with Crippen molar-refractivity contribution in [3.63, 3.8) is 0 Å². The molecule has 0 saturated heterocycles. The summed E-state index contributed by atoms with van der Waals surface area (Å²) < 4.78 is 30.1. The van der Waals surface area contributed by atoms with Crippen molar-refractivity contribution in [2.45, 2.75) is 33.2 Å². The van der Waals surface area contributed by atoms with E-state index in [0.29, 0.717) is 5.56 Å². The van der Waals surface area contributed by atoms with E-state index in [-0.39, 0.29) is 29.2 Å². The predicted molar refractivity (Wildman–Crippen MR) is 73.9 cm³/mol. The van der Waals surface area contributed by atoms with Crippen molar-refractivity contribution in [1.29, 1.82) is 0 Å². The highest BCUT2D eigenvalue weighted by atomic mass is 19.3. The molecule has 118 valence electrons. The van der Waals surface area contributed by atoms with Gasteiger partial charge in [0.2, 0.25) is 17.6 Å². The van der Waals surface area contributed by atoms with Gasteiger partial charge in [-0.15, -0.1) is 0 Å². The summed E-state index contributed by atoms with van der Waals surface area (Å²) in [7, 11) is 0. The first kappa shape index (κ1) is 16.0. The van der Waals surface area contributed by atoms with Gasteiger partial charge in [-0.05, 0) is 18.1 Å². The number of amides is 1. The topological polar surface area (TPSA) is 80.9 Å². The van der Waals surface area contributed by atoms with Gasteiger partial charge in [0, 0.05) is 18.7 Å². The molecule has 2 aromatic rings. The number of hydrogen-bond donors (Lipinski definition) is 1. The van der Waals surface area contributed by atoms with Gasteiger partial charge >= 0.3 is 0 Å². The summed E-state index contributed by atoms with van der Waals surface area (Å²) in [5, 5.41) is 6.54. The van der Waals surface area contributed by atoms with Crippen molar-refractivity contribution in [3.8, 4) is 11.4 Å². The van der Waals surface area contributed by atoms with Gasteiger partial charge in [0.25, 0.3) is 6.43 Å². The molecule has 1 N–H and O–H groups in total. The maximum atomic E-state index is 12.5. The summed E-state index contributed by atoms with van der Waals surface area (Å²) in [6.45, 7) is 5.21. The van der Waals surface area contributed by atoms with Gasteiger partial charge in [-0.1, -0.05) is 19.0 Å². The highest BCUT2D eigenvalue weighted by Gasteiger charge is 2.23. The average molecular weight is 310 g/mol. The molecular weight excluding hydrogens is 294 g/mol. The number of carbonyl (C=O) groups is 1. The fourth-order valence-corrected chi connectivity index (χ4v) is 1.88. The molecule has 0 aliphatic heterocycles. The van der Waals surface area contributed by atoms with E-state index < -0.39 is 12.5 Å². The minimum Gasteiger partial charge on any atom is -0.344 e. The average Bonchev–Trinajstić information content (AvgIpc) is 2.93. The lowest BCUT2D eigenvalue weighted by Crippen LogP contribution is -2.29. The van der Waals surface area contributed by atoms with E-state index in [1.807, 2.05) is 13.8 Å². The Morgan fingerprint density at radius 2 is 2.05 bits per heavy atom. The summed E-state index contributed by atoms with van der Waals surface area (Å²) in [4.78, 5) is 19.1. The second-order valence-electron chi connectivity index (χ2n) is 5.15. The molecule has 0 unspecified atom stereocenters. The number of nitrogens with one attached hydrogen (secondary N) is 1. The van der Waals surface area contributed by atoms with Gasteiger partial charge in [-0.25, -0.2) is 8.78 Å². The van der Waals surface area contributed by atoms with Crippen LogP contribution in [0.1, 0.15) is 44.8 Å². The third-order valence-electron chi connectivity index (χ3n) is 3.00. The molecule has 0 fully saturated rings. The molecule has 1 amide bonds. The summed E-state index contributed by atoms with van der Waals surface area (Å²) in [6.07, 6.45) is -1.36. The second kappa shape index (κ2) is 6.59. The molecule has 8 heteroatoms. The zero-order valence-electron chi connectivity index (χ0n) is 12.4. The lowest BCUT2D eigenvalue weighted by atomic mass is 10.0. The number of rotatable bonds is 5. The molecule has 0 aliphatic rings. The van der Waals surface area contributed by atoms with Crippen LogP contribution < -0.4 is 5.32 Å². The Hall–Kier alpha value is -2.38. The molecule has 2 heterocycles. The highest BCUT2D eigenvalue weighted by molar-refractivity contribution is 5.73. The van der Waals surface area contributed by atoms with Crippen molar-refractivity contribution in [2.24, 2.45) is 5.92 Å². The first-order chi connectivity index (χ1) is 10.4. The molecule has 0 aliphatic carbocycles. The summed E-state index contributed by atoms with van der Waals surface area (Å²) in [5.74, 6) is 0.343. The van der Waals surface area contributed by atoms with Crippen LogP contribution in [0.3, 0.4) is 0 Å². The Morgan fingerprint density at radius 1 is 1.32 bits per heavy atom. The summed E-state index contributed by atoms with van der Waals surface area (Å²) in [6, 6.07) is 2.25. The third-order valence-corrected chi connectivity index (χ3v) is 3.00. The Labute approximate surface area is 125 Å². The maximum Gasteiger partial charge on any atom is 0.280 e. The fraction of sp³-hybridized carbons (Fsp3) is 0.429. The second-order valence-corrected chi connectivity index (χ2v) is 5.15. The number of alkyl halides is 2. The van der Waals surface area contributed by atoms with E-state index in [2.05, 4.69) is 20.4 Å². The standard InChI is InChI=1S/C14H16F2N4O2/c1-7(2)11(18-8(3)21)14-19-13(20-22-14)9-4-5-10(12(15)16)17-6-9/h4-7,11-12H,1-3H3,(H,18,21)/t11-/m1/s1. The van der Waals surface area contributed by atoms with Gasteiger partial charge in [0.15, 0.2) is 0 Å². The number of carbonyl (C=O) groups excluding carboxylic acids is 1. The smallest absolute Gasteiger partial charge is 0.280 e. The lowest BCUT2D eigenvalue weighted by molar-refractivity contribution is -0.120. The molecule has 0 aromatic carbocycles. The van der Waals surface area contributed by atoms with Gasteiger partial charge in [0.1, 0.15) is 11.7 Å².